The van der Waals surface area contributed by atoms with E-state index in [0.717, 1.165) is 6.07 Å². The third kappa shape index (κ3) is 2.08. The highest BCUT2D eigenvalue weighted by molar-refractivity contribution is 6.62. The fourth-order valence-corrected chi connectivity index (χ4v) is 2.18. The average Bonchev–Trinajstić information content (AvgIpc) is 2.77. The topological polar surface area (TPSA) is 36.9 Å². The van der Waals surface area contributed by atoms with Gasteiger partial charge in [-0.1, -0.05) is 0 Å². The zero-order valence-electron chi connectivity index (χ0n) is 12.0. The number of hydrogen-bond acceptors (Lipinski definition) is 4. The largest absolute Gasteiger partial charge is 0.501 e. The van der Waals surface area contributed by atoms with Crippen molar-refractivity contribution in [1.82, 2.24) is 0 Å². The first-order chi connectivity index (χ1) is 9.62. The number of hydrogen-bond donors (Lipinski definition) is 0. The van der Waals surface area contributed by atoms with Gasteiger partial charge in [0.05, 0.1) is 16.7 Å². The zero-order valence-corrected chi connectivity index (χ0v) is 12.0. The highest BCUT2D eigenvalue weighted by Crippen LogP contribution is 2.40. The van der Waals surface area contributed by atoms with Crippen molar-refractivity contribution >= 4 is 12.6 Å². The molecule has 3 rings (SSSR count). The van der Waals surface area contributed by atoms with E-state index in [1.165, 1.54) is 0 Å². The lowest BCUT2D eigenvalue weighted by Gasteiger charge is -2.32. The smallest absolute Gasteiger partial charge is 0.425 e. The van der Waals surface area contributed by atoms with E-state index in [9.17, 15) is 13.2 Å². The second-order valence-corrected chi connectivity index (χ2v) is 6.01. The van der Waals surface area contributed by atoms with Crippen molar-refractivity contribution in [3.05, 3.63) is 17.7 Å². The minimum Gasteiger partial charge on any atom is -0.425 e. The maximum absolute atomic E-state index is 14.4. The number of benzene rings is 1. The summed E-state index contributed by atoms with van der Waals surface area (Å²) in [5, 5.41) is 0. The molecule has 0 spiro atoms. The van der Waals surface area contributed by atoms with Crippen molar-refractivity contribution < 1.29 is 32.0 Å². The van der Waals surface area contributed by atoms with E-state index in [4.69, 9.17) is 9.31 Å². The molecule has 8 heteroatoms. The van der Waals surface area contributed by atoms with Gasteiger partial charge in [0, 0.05) is 6.07 Å². The van der Waals surface area contributed by atoms with Crippen LogP contribution < -0.4 is 14.9 Å². The number of ether oxygens (including phenoxy) is 2. The normalized spacial score (nSPS) is 25.5. The van der Waals surface area contributed by atoms with Gasteiger partial charge in [-0.3, -0.25) is 0 Å². The molecule has 1 saturated heterocycles. The molecular formula is C13H14BF3O4. The van der Waals surface area contributed by atoms with Crippen LogP contribution in [0.5, 0.6) is 11.5 Å². The average molecular weight is 302 g/mol. The molecule has 0 saturated carbocycles. The van der Waals surface area contributed by atoms with Gasteiger partial charge in [-0.05, 0) is 27.7 Å². The van der Waals surface area contributed by atoms with Crippen molar-refractivity contribution in [3.63, 3.8) is 0 Å². The summed E-state index contributed by atoms with van der Waals surface area (Å²) in [5.41, 5.74) is -1.96. The maximum Gasteiger partial charge on any atom is 0.501 e. The van der Waals surface area contributed by atoms with Crippen LogP contribution in [0.2, 0.25) is 0 Å². The minimum absolute atomic E-state index is 0.322. The van der Waals surface area contributed by atoms with Crippen LogP contribution in [-0.2, 0) is 9.31 Å². The van der Waals surface area contributed by atoms with Gasteiger partial charge in [-0.25, -0.2) is 8.78 Å². The Labute approximate surface area is 120 Å². The Morgan fingerprint density at radius 1 is 1.05 bits per heavy atom. The minimum atomic E-state index is -2.15. The Morgan fingerprint density at radius 2 is 1.62 bits per heavy atom. The Hall–Kier alpha value is -1.41. The predicted octanol–water partition coefficient (Wildman–Crippen LogP) is 2.29. The lowest BCUT2D eigenvalue weighted by Crippen LogP contribution is -2.41. The molecule has 0 radical (unpaired) electrons. The van der Waals surface area contributed by atoms with Gasteiger partial charge in [0.2, 0.25) is 5.75 Å². The van der Waals surface area contributed by atoms with E-state index >= 15 is 0 Å². The molecular weight excluding hydrogens is 288 g/mol. The van der Waals surface area contributed by atoms with Crippen LogP contribution in [0.25, 0.3) is 0 Å². The number of alkyl halides is 1. The standard InChI is InChI=1S/C13H14BF3O4/c1-12(2)13(3,4)21-14(20-12)8-6(15)5-7-10(9(8)16)19-11(17)18-7/h5,11H,1-4H3. The van der Waals surface area contributed by atoms with Crippen molar-refractivity contribution in [2.75, 3.05) is 0 Å². The van der Waals surface area contributed by atoms with E-state index in [2.05, 4.69) is 9.47 Å². The van der Waals surface area contributed by atoms with E-state index in [1.807, 2.05) is 0 Å². The molecule has 1 atom stereocenters. The van der Waals surface area contributed by atoms with Crippen LogP contribution in [0.15, 0.2) is 6.07 Å². The van der Waals surface area contributed by atoms with Crippen molar-refractivity contribution in [2.24, 2.45) is 0 Å². The van der Waals surface area contributed by atoms with Gasteiger partial charge in [0.15, 0.2) is 11.6 Å². The molecule has 21 heavy (non-hydrogen) atoms. The molecule has 1 fully saturated rings. The van der Waals surface area contributed by atoms with Gasteiger partial charge in [0.25, 0.3) is 0 Å². The summed E-state index contributed by atoms with van der Waals surface area (Å²) in [6.45, 7) is 4.88. The van der Waals surface area contributed by atoms with E-state index in [-0.39, 0.29) is 5.75 Å². The molecule has 0 N–H and O–H groups in total. The van der Waals surface area contributed by atoms with Gasteiger partial charge in [-0.15, -0.1) is 0 Å². The number of rotatable bonds is 1. The van der Waals surface area contributed by atoms with Gasteiger partial charge >= 0.3 is 13.7 Å². The Morgan fingerprint density at radius 3 is 2.19 bits per heavy atom. The van der Waals surface area contributed by atoms with E-state index in [0.29, 0.717) is 0 Å². The summed E-state index contributed by atoms with van der Waals surface area (Å²) < 4.78 is 61.8. The van der Waals surface area contributed by atoms with Crippen LogP contribution in [0.1, 0.15) is 27.7 Å². The fourth-order valence-electron chi connectivity index (χ4n) is 2.18. The molecule has 2 heterocycles. The van der Waals surface area contributed by atoms with Crippen LogP contribution in [0.3, 0.4) is 0 Å². The van der Waals surface area contributed by atoms with Gasteiger partial charge < -0.3 is 18.8 Å². The third-order valence-electron chi connectivity index (χ3n) is 4.09. The summed E-state index contributed by atoms with van der Waals surface area (Å²) in [5.74, 6) is -2.82. The second-order valence-electron chi connectivity index (χ2n) is 6.01. The predicted molar refractivity (Wildman–Crippen MR) is 68.2 cm³/mol. The molecule has 0 bridgehead atoms. The first-order valence-electron chi connectivity index (χ1n) is 6.47. The first kappa shape index (κ1) is 14.5. The summed E-state index contributed by atoms with van der Waals surface area (Å²) in [6, 6.07) is 0.859. The van der Waals surface area contributed by atoms with Gasteiger partial charge in [0.1, 0.15) is 5.82 Å². The Balaban J connectivity index is 2.04. The summed E-state index contributed by atoms with van der Waals surface area (Å²) >= 11 is 0. The lowest BCUT2D eigenvalue weighted by atomic mass is 9.78. The number of halogens is 3. The lowest BCUT2D eigenvalue weighted by molar-refractivity contribution is -0.0663. The quantitative estimate of drug-likeness (QED) is 0.746. The monoisotopic (exact) mass is 302 g/mol. The molecule has 1 aromatic carbocycles. The molecule has 1 unspecified atom stereocenters. The van der Waals surface area contributed by atoms with E-state index in [1.54, 1.807) is 27.7 Å². The molecule has 2 aliphatic rings. The van der Waals surface area contributed by atoms with Crippen molar-refractivity contribution in [2.45, 2.75) is 45.4 Å². The molecule has 0 aliphatic carbocycles. The fraction of sp³-hybridized carbons (Fsp3) is 0.538. The van der Waals surface area contributed by atoms with Crippen LogP contribution >= 0.6 is 0 Å². The summed E-state index contributed by atoms with van der Waals surface area (Å²) in [6.07, 6.45) is 0. The Bertz CT molecular complexity index is 590. The molecule has 1 aromatic rings. The SMILES string of the molecule is CC1(C)OB(c2c(F)cc3c(c2F)OC(F)O3)OC1(C)C. The molecule has 0 aromatic heterocycles. The maximum atomic E-state index is 14.4. The zero-order chi connectivity index (χ0) is 15.6. The summed E-state index contributed by atoms with van der Waals surface area (Å²) in [4.78, 5) is 0. The van der Waals surface area contributed by atoms with Crippen molar-refractivity contribution in [3.8, 4) is 11.5 Å². The Kier molecular flexibility index (Phi) is 2.97. The van der Waals surface area contributed by atoms with Crippen molar-refractivity contribution in [1.29, 1.82) is 0 Å². The highest BCUT2D eigenvalue weighted by atomic mass is 19.2. The third-order valence-corrected chi connectivity index (χ3v) is 4.09. The molecule has 114 valence electrons. The summed E-state index contributed by atoms with van der Waals surface area (Å²) in [7, 11) is -1.25. The molecule has 0 amide bonds. The van der Waals surface area contributed by atoms with Crippen LogP contribution in [0.4, 0.5) is 13.2 Å². The second kappa shape index (κ2) is 4.30. The van der Waals surface area contributed by atoms with Crippen LogP contribution in [0, 0.1) is 11.6 Å². The van der Waals surface area contributed by atoms with E-state index < -0.39 is 47.7 Å². The number of fused-ring (bicyclic) bond motifs is 1. The first-order valence-corrected chi connectivity index (χ1v) is 6.47. The molecule has 4 nitrogen and oxygen atoms in total. The van der Waals surface area contributed by atoms with Gasteiger partial charge in [-0.2, -0.15) is 4.39 Å². The van der Waals surface area contributed by atoms with Crippen LogP contribution in [-0.4, -0.2) is 24.9 Å². The molecule has 2 aliphatic heterocycles. The highest BCUT2D eigenvalue weighted by Gasteiger charge is 2.54.